The Hall–Kier alpha value is -1.99. The lowest BCUT2D eigenvalue weighted by atomic mass is 10.1. The molecule has 2 aromatic rings. The summed E-state index contributed by atoms with van der Waals surface area (Å²) in [6, 6.07) is 3.85. The molecule has 0 bridgehead atoms. The van der Waals surface area contributed by atoms with Gasteiger partial charge in [-0.05, 0) is 43.0 Å². The first-order chi connectivity index (χ1) is 10.9. The maximum atomic E-state index is 11.6. The van der Waals surface area contributed by atoms with E-state index >= 15 is 0 Å². The van der Waals surface area contributed by atoms with Crippen LogP contribution in [-0.2, 0) is 11.3 Å². The van der Waals surface area contributed by atoms with E-state index < -0.39 is 17.6 Å². The van der Waals surface area contributed by atoms with Crippen molar-refractivity contribution in [3.8, 4) is 5.75 Å². The van der Waals surface area contributed by atoms with Gasteiger partial charge in [-0.25, -0.2) is 4.79 Å². The highest BCUT2D eigenvalue weighted by Crippen LogP contribution is 2.28. The van der Waals surface area contributed by atoms with Crippen LogP contribution in [0.3, 0.4) is 0 Å². The lowest BCUT2D eigenvalue weighted by Crippen LogP contribution is -2.36. The van der Waals surface area contributed by atoms with Crippen LogP contribution in [0.2, 0.25) is 0 Å². The molecule has 0 spiro atoms. The fourth-order valence-corrected chi connectivity index (χ4v) is 2.85. The normalized spacial score (nSPS) is 12.4. The molecule has 124 valence electrons. The largest absolute Gasteiger partial charge is 0.507 e. The second-order valence-electron chi connectivity index (χ2n) is 5.24. The molecular formula is C16H19NO5S. The lowest BCUT2D eigenvalue weighted by molar-refractivity contribution is -0.139. The maximum Gasteiger partial charge on any atom is 0.336 e. The molecule has 7 heteroatoms. The van der Waals surface area contributed by atoms with Crippen molar-refractivity contribution in [3.05, 3.63) is 39.7 Å². The average Bonchev–Trinajstić information content (AvgIpc) is 2.48. The second-order valence-corrected chi connectivity index (χ2v) is 6.23. The Labute approximate surface area is 137 Å². The fraction of sp³-hybridized carbons (Fsp3) is 0.375. The van der Waals surface area contributed by atoms with Crippen LogP contribution >= 0.6 is 11.8 Å². The molecule has 1 aromatic heterocycles. The Balaban J connectivity index is 2.33. The van der Waals surface area contributed by atoms with Gasteiger partial charge in [0.05, 0.1) is 5.56 Å². The summed E-state index contributed by atoms with van der Waals surface area (Å²) >= 11 is 1.57. The summed E-state index contributed by atoms with van der Waals surface area (Å²) in [6.45, 7) is 1.88. The van der Waals surface area contributed by atoms with E-state index in [1.807, 2.05) is 6.26 Å². The predicted octanol–water partition coefficient (Wildman–Crippen LogP) is 2.10. The number of rotatable bonds is 7. The van der Waals surface area contributed by atoms with Gasteiger partial charge in [0.2, 0.25) is 0 Å². The summed E-state index contributed by atoms with van der Waals surface area (Å²) in [5, 5.41) is 22.9. The van der Waals surface area contributed by atoms with Crippen molar-refractivity contribution in [1.82, 2.24) is 5.32 Å². The van der Waals surface area contributed by atoms with Crippen molar-refractivity contribution >= 4 is 28.7 Å². The van der Waals surface area contributed by atoms with Gasteiger partial charge in [0.25, 0.3) is 0 Å². The van der Waals surface area contributed by atoms with Crippen molar-refractivity contribution in [2.24, 2.45) is 0 Å². The average molecular weight is 337 g/mol. The number of nitrogens with one attached hydrogen (secondary N) is 1. The summed E-state index contributed by atoms with van der Waals surface area (Å²) in [6.07, 6.45) is 2.37. The molecule has 0 amide bonds. The highest BCUT2D eigenvalue weighted by atomic mass is 32.2. The minimum Gasteiger partial charge on any atom is -0.507 e. The molecule has 0 saturated carbocycles. The van der Waals surface area contributed by atoms with E-state index in [1.54, 1.807) is 24.8 Å². The zero-order valence-electron chi connectivity index (χ0n) is 13.0. The SMILES string of the molecule is CSCC[C@H](NCc1c(O)ccc2c(C)cc(=O)oc12)C(=O)O. The molecular weight excluding hydrogens is 318 g/mol. The summed E-state index contributed by atoms with van der Waals surface area (Å²) in [5.74, 6) is -0.274. The third-order valence-electron chi connectivity index (χ3n) is 3.63. The van der Waals surface area contributed by atoms with Crippen LogP contribution in [0.15, 0.2) is 27.4 Å². The first kappa shape index (κ1) is 17.4. The van der Waals surface area contributed by atoms with Crippen LogP contribution in [0.25, 0.3) is 11.0 Å². The number of fused-ring (bicyclic) bond motifs is 1. The second kappa shape index (κ2) is 7.52. The van der Waals surface area contributed by atoms with E-state index in [2.05, 4.69) is 5.32 Å². The number of carbonyl (C=O) groups is 1. The van der Waals surface area contributed by atoms with Crippen LogP contribution in [0.5, 0.6) is 5.75 Å². The number of phenolic OH excluding ortho intramolecular Hbond substituents is 1. The van der Waals surface area contributed by atoms with E-state index in [0.29, 0.717) is 17.7 Å². The highest BCUT2D eigenvalue weighted by Gasteiger charge is 2.19. The molecule has 0 aliphatic heterocycles. The molecule has 0 aliphatic carbocycles. The summed E-state index contributed by atoms with van der Waals surface area (Å²) in [7, 11) is 0. The van der Waals surface area contributed by atoms with E-state index in [4.69, 9.17) is 4.42 Å². The van der Waals surface area contributed by atoms with E-state index in [0.717, 1.165) is 10.9 Å². The van der Waals surface area contributed by atoms with Gasteiger partial charge in [-0.15, -0.1) is 0 Å². The van der Waals surface area contributed by atoms with Gasteiger partial charge in [-0.3, -0.25) is 10.1 Å². The topological polar surface area (TPSA) is 99.8 Å². The zero-order valence-corrected chi connectivity index (χ0v) is 13.8. The molecule has 1 aromatic carbocycles. The number of carboxylic acids is 1. The smallest absolute Gasteiger partial charge is 0.336 e. The Morgan fingerprint density at radius 2 is 2.17 bits per heavy atom. The maximum absolute atomic E-state index is 11.6. The molecule has 0 saturated heterocycles. The molecule has 3 N–H and O–H groups in total. The number of aliphatic carboxylic acids is 1. The van der Waals surface area contributed by atoms with Crippen LogP contribution in [-0.4, -0.2) is 34.2 Å². The monoisotopic (exact) mass is 337 g/mol. The number of carboxylic acid groups (broad SMARTS) is 1. The van der Waals surface area contributed by atoms with Gasteiger partial charge >= 0.3 is 11.6 Å². The van der Waals surface area contributed by atoms with E-state index in [1.165, 1.54) is 12.1 Å². The van der Waals surface area contributed by atoms with Gasteiger partial charge in [0, 0.05) is 18.0 Å². The van der Waals surface area contributed by atoms with Gasteiger partial charge in [-0.1, -0.05) is 0 Å². The van der Waals surface area contributed by atoms with Gasteiger partial charge in [-0.2, -0.15) is 11.8 Å². The number of benzene rings is 1. The van der Waals surface area contributed by atoms with Crippen LogP contribution < -0.4 is 10.9 Å². The van der Waals surface area contributed by atoms with Gasteiger partial charge in [0.1, 0.15) is 17.4 Å². The third kappa shape index (κ3) is 4.05. The first-order valence-electron chi connectivity index (χ1n) is 7.14. The minimum absolute atomic E-state index is 0.0345. The molecule has 0 radical (unpaired) electrons. The molecule has 0 aliphatic rings. The van der Waals surface area contributed by atoms with Crippen molar-refractivity contribution < 1.29 is 19.4 Å². The number of aromatic hydroxyl groups is 1. The highest BCUT2D eigenvalue weighted by molar-refractivity contribution is 7.98. The Morgan fingerprint density at radius 1 is 1.43 bits per heavy atom. The number of phenols is 1. The molecule has 6 nitrogen and oxygen atoms in total. The van der Waals surface area contributed by atoms with Crippen molar-refractivity contribution in [3.63, 3.8) is 0 Å². The quantitative estimate of drug-likeness (QED) is 0.665. The Bertz CT molecular complexity index is 771. The number of hydrogen-bond acceptors (Lipinski definition) is 6. The predicted molar refractivity (Wildman–Crippen MR) is 90.1 cm³/mol. The molecule has 2 rings (SSSR count). The van der Waals surface area contributed by atoms with Crippen molar-refractivity contribution in [2.45, 2.75) is 25.9 Å². The summed E-state index contributed by atoms with van der Waals surface area (Å²) in [4.78, 5) is 22.9. The summed E-state index contributed by atoms with van der Waals surface area (Å²) < 4.78 is 5.22. The van der Waals surface area contributed by atoms with E-state index in [9.17, 15) is 19.8 Å². The molecule has 0 unspecified atom stereocenters. The van der Waals surface area contributed by atoms with Crippen molar-refractivity contribution in [2.75, 3.05) is 12.0 Å². The van der Waals surface area contributed by atoms with Crippen LogP contribution in [0, 0.1) is 6.92 Å². The number of aryl methyl sites for hydroxylation is 1. The number of hydrogen-bond donors (Lipinski definition) is 3. The van der Waals surface area contributed by atoms with E-state index in [-0.39, 0.29) is 17.9 Å². The van der Waals surface area contributed by atoms with Crippen molar-refractivity contribution in [1.29, 1.82) is 0 Å². The molecule has 1 heterocycles. The molecule has 23 heavy (non-hydrogen) atoms. The first-order valence-corrected chi connectivity index (χ1v) is 8.54. The Kier molecular flexibility index (Phi) is 5.68. The van der Waals surface area contributed by atoms with Gasteiger partial charge in [0.15, 0.2) is 0 Å². The zero-order chi connectivity index (χ0) is 17.0. The Morgan fingerprint density at radius 3 is 2.83 bits per heavy atom. The fourth-order valence-electron chi connectivity index (χ4n) is 2.37. The molecule has 1 atom stereocenters. The third-order valence-corrected chi connectivity index (χ3v) is 4.28. The molecule has 0 fully saturated rings. The standard InChI is InChI=1S/C16H19NO5S/c1-9-7-14(19)22-15-10(9)3-4-13(18)11(15)8-17-12(16(20)21)5-6-23-2/h3-4,7,12,17-18H,5-6,8H2,1-2H3,(H,20,21)/t12-/m0/s1. The van der Waals surface area contributed by atoms with Gasteiger partial charge < -0.3 is 14.6 Å². The summed E-state index contributed by atoms with van der Waals surface area (Å²) in [5.41, 5.74) is 0.920. The van der Waals surface area contributed by atoms with Crippen LogP contribution in [0.4, 0.5) is 0 Å². The minimum atomic E-state index is -0.948. The number of thioether (sulfide) groups is 1. The lowest BCUT2D eigenvalue weighted by Gasteiger charge is -2.15. The van der Waals surface area contributed by atoms with Crippen LogP contribution in [0.1, 0.15) is 17.5 Å².